The van der Waals surface area contributed by atoms with E-state index in [-0.39, 0.29) is 42.5 Å². The van der Waals surface area contributed by atoms with E-state index in [0.29, 0.717) is 45.4 Å². The maximum Gasteiger partial charge on any atom is 0.243 e. The first-order valence-corrected chi connectivity index (χ1v) is 18.6. The molecule has 2 aromatic rings. The number of amides is 4. The predicted octanol–water partition coefficient (Wildman–Crippen LogP) is 2.63. The molecule has 0 bridgehead atoms. The van der Waals surface area contributed by atoms with Crippen LogP contribution in [0.15, 0.2) is 60.7 Å². The molecule has 52 heavy (non-hydrogen) atoms. The lowest BCUT2D eigenvalue weighted by molar-refractivity contribution is -0.135. The molecule has 5 unspecified atom stereocenters. The Morgan fingerprint density at radius 1 is 0.750 bits per heavy atom. The summed E-state index contributed by atoms with van der Waals surface area (Å²) in [4.78, 5) is 68.4. The second-order valence-corrected chi connectivity index (χ2v) is 15.1. The molecule has 0 spiro atoms. The summed E-state index contributed by atoms with van der Waals surface area (Å²) in [6.45, 7) is 11.6. The van der Waals surface area contributed by atoms with Gasteiger partial charge in [-0.3, -0.25) is 24.0 Å². The standard InChI is InChI=1S/C40H57N5O7/c1-26(2)20-32(36(47)40(5)25-52-40)43-39(50)34(22-29-14-10-7-11-15-29)45-38(49)33(21-27(3)4)44-37(48)31(17-16-28-12-8-6-9-13-28)42-35(46)23-30-24-41-18-19-51-30/h6-15,26-27,30-34,41H,16-25H2,1-5H3,(H,42,46)(H,43,50)(H,44,48)(H,45,49)/t30?,31?,32?,33?,34?,40-/m1/s1. The Balaban J connectivity index is 1.51. The van der Waals surface area contributed by atoms with Crippen LogP contribution in [0.25, 0.3) is 0 Å². The first-order valence-electron chi connectivity index (χ1n) is 18.6. The molecule has 2 saturated heterocycles. The molecular formula is C40H57N5O7. The van der Waals surface area contributed by atoms with Crippen LogP contribution in [0.1, 0.15) is 71.4 Å². The fourth-order valence-corrected chi connectivity index (χ4v) is 6.34. The van der Waals surface area contributed by atoms with Crippen molar-refractivity contribution >= 4 is 29.4 Å². The fraction of sp³-hybridized carbons (Fsp3) is 0.575. The molecule has 2 aliphatic rings. The molecule has 2 aliphatic heterocycles. The number of ketones is 1. The van der Waals surface area contributed by atoms with Crippen LogP contribution in [0.4, 0.5) is 0 Å². The maximum atomic E-state index is 14.1. The van der Waals surface area contributed by atoms with Gasteiger partial charge in [0.15, 0.2) is 5.78 Å². The molecule has 6 atom stereocenters. The van der Waals surface area contributed by atoms with Gasteiger partial charge < -0.3 is 36.1 Å². The average molecular weight is 720 g/mol. The summed E-state index contributed by atoms with van der Waals surface area (Å²) in [5.74, 6) is -1.90. The van der Waals surface area contributed by atoms with E-state index >= 15 is 0 Å². The van der Waals surface area contributed by atoms with Crippen molar-refractivity contribution in [1.82, 2.24) is 26.6 Å². The number of morpholine rings is 1. The van der Waals surface area contributed by atoms with Crippen LogP contribution in [0.2, 0.25) is 0 Å². The highest BCUT2D eigenvalue weighted by molar-refractivity contribution is 5.98. The molecule has 2 fully saturated rings. The van der Waals surface area contributed by atoms with Crippen LogP contribution in [-0.4, -0.2) is 91.6 Å². The highest BCUT2D eigenvalue weighted by atomic mass is 16.6. The van der Waals surface area contributed by atoms with E-state index in [1.165, 1.54) is 0 Å². The summed E-state index contributed by atoms with van der Waals surface area (Å²) in [5.41, 5.74) is 0.902. The summed E-state index contributed by atoms with van der Waals surface area (Å²) in [7, 11) is 0. The summed E-state index contributed by atoms with van der Waals surface area (Å²) in [6, 6.07) is 15.2. The fourth-order valence-electron chi connectivity index (χ4n) is 6.34. The number of epoxide rings is 1. The minimum atomic E-state index is -1.03. The number of carbonyl (C=O) groups is 5. The van der Waals surface area contributed by atoms with E-state index in [1.807, 2.05) is 88.4 Å². The van der Waals surface area contributed by atoms with Crippen molar-refractivity contribution in [3.8, 4) is 0 Å². The highest BCUT2D eigenvalue weighted by Crippen LogP contribution is 2.29. The normalized spacial score (nSPS) is 20.6. The van der Waals surface area contributed by atoms with E-state index in [4.69, 9.17) is 9.47 Å². The zero-order valence-electron chi connectivity index (χ0n) is 31.2. The lowest BCUT2D eigenvalue weighted by atomic mass is 9.93. The quantitative estimate of drug-likeness (QED) is 0.130. The Morgan fingerprint density at radius 2 is 1.29 bits per heavy atom. The number of aryl methyl sites for hydroxylation is 1. The third-order valence-corrected chi connectivity index (χ3v) is 9.33. The van der Waals surface area contributed by atoms with Crippen molar-refractivity contribution < 1.29 is 33.4 Å². The number of benzene rings is 2. The van der Waals surface area contributed by atoms with Crippen molar-refractivity contribution in [3.63, 3.8) is 0 Å². The van der Waals surface area contributed by atoms with Crippen molar-refractivity contribution in [1.29, 1.82) is 0 Å². The SMILES string of the molecule is CC(C)CC(NC(=O)C(CCc1ccccc1)NC(=O)CC1CNCCO1)C(=O)NC(Cc1ccccc1)C(=O)NC(CC(C)C)C(=O)[C@@]1(C)CO1. The molecule has 5 N–H and O–H groups in total. The van der Waals surface area contributed by atoms with Crippen LogP contribution in [0, 0.1) is 11.8 Å². The monoisotopic (exact) mass is 719 g/mol. The van der Waals surface area contributed by atoms with Gasteiger partial charge in [0.1, 0.15) is 23.7 Å². The largest absolute Gasteiger partial charge is 0.375 e. The van der Waals surface area contributed by atoms with Gasteiger partial charge in [0.05, 0.1) is 31.8 Å². The zero-order valence-corrected chi connectivity index (χ0v) is 31.2. The van der Waals surface area contributed by atoms with Crippen LogP contribution in [-0.2, 0) is 46.3 Å². The van der Waals surface area contributed by atoms with E-state index in [2.05, 4.69) is 26.6 Å². The first kappa shape index (κ1) is 40.6. The van der Waals surface area contributed by atoms with Gasteiger partial charge in [-0.05, 0) is 55.6 Å². The Bertz CT molecular complexity index is 1480. The molecule has 284 valence electrons. The van der Waals surface area contributed by atoms with Gasteiger partial charge in [-0.15, -0.1) is 0 Å². The van der Waals surface area contributed by atoms with Crippen LogP contribution in [0.3, 0.4) is 0 Å². The smallest absolute Gasteiger partial charge is 0.243 e. The number of hydrogen-bond donors (Lipinski definition) is 5. The van der Waals surface area contributed by atoms with Gasteiger partial charge in [0.25, 0.3) is 0 Å². The Kier molecular flexibility index (Phi) is 15.3. The van der Waals surface area contributed by atoms with E-state index < -0.39 is 47.5 Å². The van der Waals surface area contributed by atoms with Crippen molar-refractivity contribution in [2.45, 2.75) is 109 Å². The Hall–Kier alpha value is -4.13. The van der Waals surface area contributed by atoms with Gasteiger partial charge in [-0.2, -0.15) is 0 Å². The summed E-state index contributed by atoms with van der Waals surface area (Å²) in [5, 5.41) is 14.8. The summed E-state index contributed by atoms with van der Waals surface area (Å²) < 4.78 is 11.1. The third kappa shape index (κ3) is 13.1. The molecule has 4 amide bonds. The van der Waals surface area contributed by atoms with Gasteiger partial charge in [-0.1, -0.05) is 88.4 Å². The molecule has 0 aromatic heterocycles. The minimum absolute atomic E-state index is 0.0121. The number of Topliss-reactive ketones (excluding diaryl/α,β-unsaturated/α-hetero) is 1. The van der Waals surface area contributed by atoms with E-state index in [1.54, 1.807) is 6.92 Å². The number of carbonyl (C=O) groups excluding carboxylic acids is 5. The van der Waals surface area contributed by atoms with Crippen LogP contribution >= 0.6 is 0 Å². The highest BCUT2D eigenvalue weighted by Gasteiger charge is 2.50. The third-order valence-electron chi connectivity index (χ3n) is 9.33. The van der Waals surface area contributed by atoms with Gasteiger partial charge in [0, 0.05) is 19.5 Å². The molecule has 12 heteroatoms. The van der Waals surface area contributed by atoms with Crippen LogP contribution in [0.5, 0.6) is 0 Å². The van der Waals surface area contributed by atoms with E-state index in [0.717, 1.165) is 17.7 Å². The van der Waals surface area contributed by atoms with Gasteiger partial charge in [-0.25, -0.2) is 0 Å². The average Bonchev–Trinajstić information content (AvgIpc) is 3.87. The molecule has 12 nitrogen and oxygen atoms in total. The maximum absolute atomic E-state index is 14.1. The summed E-state index contributed by atoms with van der Waals surface area (Å²) in [6.07, 6.45) is 1.53. The van der Waals surface area contributed by atoms with Crippen LogP contribution < -0.4 is 26.6 Å². The predicted molar refractivity (Wildman–Crippen MR) is 198 cm³/mol. The molecule has 2 aromatic carbocycles. The zero-order chi connectivity index (χ0) is 37.7. The molecule has 0 radical (unpaired) electrons. The minimum Gasteiger partial charge on any atom is -0.375 e. The molecule has 4 rings (SSSR count). The second kappa shape index (κ2) is 19.6. The Labute approximate surface area is 307 Å². The lowest BCUT2D eigenvalue weighted by Gasteiger charge is -2.28. The van der Waals surface area contributed by atoms with Gasteiger partial charge >= 0.3 is 0 Å². The first-order chi connectivity index (χ1) is 24.8. The summed E-state index contributed by atoms with van der Waals surface area (Å²) >= 11 is 0. The second-order valence-electron chi connectivity index (χ2n) is 15.1. The molecule has 0 aliphatic carbocycles. The number of hydrogen-bond acceptors (Lipinski definition) is 8. The van der Waals surface area contributed by atoms with Crippen molar-refractivity contribution in [2.24, 2.45) is 11.8 Å². The molecule has 0 saturated carbocycles. The molecular weight excluding hydrogens is 662 g/mol. The van der Waals surface area contributed by atoms with Crippen molar-refractivity contribution in [3.05, 3.63) is 71.8 Å². The number of ether oxygens (including phenoxy) is 2. The molecule has 2 heterocycles. The topological polar surface area (TPSA) is 167 Å². The Morgan fingerprint density at radius 3 is 1.87 bits per heavy atom. The number of nitrogens with one attached hydrogen (secondary N) is 5. The lowest BCUT2D eigenvalue weighted by Crippen LogP contribution is -2.59. The van der Waals surface area contributed by atoms with E-state index in [9.17, 15) is 24.0 Å². The van der Waals surface area contributed by atoms with Gasteiger partial charge in [0.2, 0.25) is 23.6 Å². The van der Waals surface area contributed by atoms with Crippen molar-refractivity contribution in [2.75, 3.05) is 26.3 Å². The number of rotatable bonds is 20.